The van der Waals surface area contributed by atoms with Crippen molar-refractivity contribution in [1.29, 1.82) is 0 Å². The number of nitrogens with one attached hydrogen (secondary N) is 4. The predicted molar refractivity (Wildman–Crippen MR) is 341 cm³/mol. The number of benzene rings is 8. The molecular formula is C73H52N11+. The van der Waals surface area contributed by atoms with E-state index >= 15 is 0 Å². The van der Waals surface area contributed by atoms with Gasteiger partial charge in [-0.25, -0.2) is 4.98 Å². The number of rotatable bonds is 8. The average molecular weight is 1080 g/mol. The van der Waals surface area contributed by atoms with Crippen molar-refractivity contribution in [2.45, 2.75) is 19.0 Å². The van der Waals surface area contributed by atoms with Crippen molar-refractivity contribution in [3.63, 3.8) is 0 Å². The molecule has 2 atom stereocenters. The molecule has 398 valence electrons. The number of quaternary nitrogens is 1. The molecule has 4 N–H and O–H groups in total. The second-order valence-corrected chi connectivity index (χ2v) is 22.4. The van der Waals surface area contributed by atoms with Gasteiger partial charge in [0.2, 0.25) is 5.82 Å². The van der Waals surface area contributed by atoms with Crippen molar-refractivity contribution in [1.82, 2.24) is 44.4 Å². The van der Waals surface area contributed by atoms with Crippen molar-refractivity contribution in [3.8, 4) is 22.4 Å². The number of hydrogen-bond donors (Lipinski definition) is 4. The molecule has 7 aromatic heterocycles. The summed E-state index contributed by atoms with van der Waals surface area (Å²) in [5.41, 5.74) is 18.8. The minimum Gasteiger partial charge on any atom is -0.343 e. The molecule has 3 aliphatic heterocycles. The minimum absolute atomic E-state index is 0.0790. The third-order valence-electron chi connectivity index (χ3n) is 18.0. The second kappa shape index (κ2) is 18.1. The first kappa shape index (κ1) is 46.9. The van der Waals surface area contributed by atoms with E-state index in [1.165, 1.54) is 22.4 Å². The highest BCUT2D eigenvalue weighted by Crippen LogP contribution is 2.65. The zero-order valence-electron chi connectivity index (χ0n) is 45.5. The Labute approximate surface area is 482 Å². The molecule has 0 spiro atoms. The van der Waals surface area contributed by atoms with Gasteiger partial charge < -0.3 is 24.6 Å². The molecule has 0 amide bonds. The summed E-state index contributed by atoms with van der Waals surface area (Å²) in [5, 5.41) is 23.4. The van der Waals surface area contributed by atoms with Crippen molar-refractivity contribution >= 4 is 99.9 Å². The third-order valence-corrected chi connectivity index (χ3v) is 18.0. The molecule has 11 nitrogen and oxygen atoms in total. The van der Waals surface area contributed by atoms with Gasteiger partial charge in [-0.3, -0.25) is 10.1 Å². The summed E-state index contributed by atoms with van der Waals surface area (Å²) in [6, 6.07) is 78.7. The number of nitrogens with zero attached hydrogens (tertiary/aromatic N) is 7. The van der Waals surface area contributed by atoms with Crippen LogP contribution >= 0.6 is 0 Å². The van der Waals surface area contributed by atoms with Crippen molar-refractivity contribution in [2.24, 2.45) is 0 Å². The second-order valence-electron chi connectivity index (χ2n) is 22.4. The molecule has 84 heavy (non-hydrogen) atoms. The molecule has 0 radical (unpaired) electrons. The van der Waals surface area contributed by atoms with Crippen LogP contribution in [0.2, 0.25) is 0 Å². The van der Waals surface area contributed by atoms with E-state index in [-0.39, 0.29) is 10.6 Å². The smallest absolute Gasteiger partial charge is 0.291 e. The first-order valence-electron chi connectivity index (χ1n) is 28.8. The Bertz CT molecular complexity index is 5190. The molecular weight excluding hydrogens is 1030 g/mol. The van der Waals surface area contributed by atoms with Crippen LogP contribution in [0.4, 0.5) is 34.5 Å². The zero-order chi connectivity index (χ0) is 55.0. The quantitative estimate of drug-likeness (QED) is 0.113. The van der Waals surface area contributed by atoms with Gasteiger partial charge in [0.05, 0.1) is 67.9 Å². The van der Waals surface area contributed by atoms with E-state index < -0.39 is 0 Å². The number of hydrogen-bond acceptors (Lipinski definition) is 6. The predicted octanol–water partition coefficient (Wildman–Crippen LogP) is 16.9. The Balaban J connectivity index is 1.17. The number of anilines is 3. The fourth-order valence-corrected chi connectivity index (χ4v) is 14.4. The van der Waals surface area contributed by atoms with Crippen LogP contribution in [0.5, 0.6) is 0 Å². The lowest BCUT2D eigenvalue weighted by atomic mass is 9.78. The van der Waals surface area contributed by atoms with Gasteiger partial charge in [0.15, 0.2) is 11.5 Å². The Morgan fingerprint density at radius 3 is 2.24 bits per heavy atom. The minimum atomic E-state index is -0.293. The highest BCUT2D eigenvalue weighted by molar-refractivity contribution is 6.16. The van der Waals surface area contributed by atoms with Crippen LogP contribution in [-0.2, 0) is 13.0 Å². The lowest BCUT2D eigenvalue weighted by Gasteiger charge is -2.47. The maximum absolute atomic E-state index is 5.91. The summed E-state index contributed by atoms with van der Waals surface area (Å²) < 4.78 is 2.19. The highest BCUT2D eigenvalue weighted by atomic mass is 15.8. The third kappa shape index (κ3) is 6.67. The molecule has 2 unspecified atom stereocenters. The maximum atomic E-state index is 5.91. The first-order valence-corrected chi connectivity index (χ1v) is 28.8. The summed E-state index contributed by atoms with van der Waals surface area (Å²) in [4.78, 5) is 22.3. The zero-order valence-corrected chi connectivity index (χ0v) is 45.5. The van der Waals surface area contributed by atoms with Crippen LogP contribution in [0.1, 0.15) is 39.6 Å². The lowest BCUT2D eigenvalue weighted by Crippen LogP contribution is -2.55. The van der Waals surface area contributed by atoms with Gasteiger partial charge in [-0.05, 0) is 89.2 Å². The number of aromatic amines is 3. The molecule has 15 aromatic rings. The summed E-state index contributed by atoms with van der Waals surface area (Å²) in [5.74, 6) is 2.52. The number of fused-ring (bicyclic) bond motifs is 9. The van der Waals surface area contributed by atoms with Crippen LogP contribution in [0.3, 0.4) is 0 Å². The number of para-hydroxylation sites is 4. The summed E-state index contributed by atoms with van der Waals surface area (Å²) in [6.07, 6.45) is 11.7. The van der Waals surface area contributed by atoms with Crippen LogP contribution in [0, 0.1) is 0 Å². The maximum Gasteiger partial charge on any atom is 0.291 e. The van der Waals surface area contributed by atoms with E-state index in [0.717, 1.165) is 146 Å². The van der Waals surface area contributed by atoms with Gasteiger partial charge in [0, 0.05) is 98.8 Å². The summed E-state index contributed by atoms with van der Waals surface area (Å²) in [6.45, 7) is 1.43. The van der Waals surface area contributed by atoms with Crippen LogP contribution in [-0.4, -0.2) is 41.1 Å². The number of aromatic nitrogens is 7. The van der Waals surface area contributed by atoms with E-state index in [1.807, 2.05) is 6.20 Å². The van der Waals surface area contributed by atoms with Gasteiger partial charge in [-0.2, -0.15) is 5.01 Å². The van der Waals surface area contributed by atoms with E-state index in [1.54, 1.807) is 0 Å². The SMILES string of the molecule is C1=C(c2nccc3ccccc23)c2c(-c3ccc4ccccc4n3)c(C3NCc4ccccc43)c(N3CCc4ccccc43)c(-c3ccn4ccccc34)c2[N+](c2cc3ccccc3[nH]2)(c2n[nH]c3ccccc23)N1c1[nH]cc2ccccc12. The number of pyridine rings is 3. The first-order chi connectivity index (χ1) is 41.7. The normalized spacial score (nSPS) is 16.6. The van der Waals surface area contributed by atoms with Crippen LogP contribution in [0.15, 0.2) is 249 Å². The van der Waals surface area contributed by atoms with Crippen LogP contribution < -0.4 is 19.8 Å². The van der Waals surface area contributed by atoms with Gasteiger partial charge in [-0.15, -0.1) is 5.10 Å². The van der Waals surface area contributed by atoms with Crippen molar-refractivity contribution < 1.29 is 0 Å². The van der Waals surface area contributed by atoms with Crippen LogP contribution in [0.25, 0.3) is 87.7 Å². The molecule has 0 fully saturated rings. The fraction of sp³-hybridized carbons (Fsp3) is 0.0548. The topological polar surface area (TPSA) is 109 Å². The van der Waals surface area contributed by atoms with E-state index in [9.17, 15) is 0 Å². The molecule has 0 aliphatic carbocycles. The molecule has 10 heterocycles. The number of H-pyrrole nitrogens is 3. The molecule has 3 aliphatic rings. The Morgan fingerprint density at radius 1 is 0.583 bits per heavy atom. The van der Waals surface area contributed by atoms with Gasteiger partial charge >= 0.3 is 0 Å². The largest absolute Gasteiger partial charge is 0.343 e. The van der Waals surface area contributed by atoms with E-state index in [4.69, 9.17) is 15.1 Å². The molecule has 18 rings (SSSR count). The van der Waals surface area contributed by atoms with Crippen molar-refractivity contribution in [3.05, 3.63) is 283 Å². The van der Waals surface area contributed by atoms with Gasteiger partial charge in [0.1, 0.15) is 0 Å². The Hall–Kier alpha value is -10.9. The molecule has 0 bridgehead atoms. The van der Waals surface area contributed by atoms with Gasteiger partial charge in [-0.1, -0.05) is 156 Å². The monoisotopic (exact) mass is 1080 g/mol. The molecule has 0 saturated heterocycles. The Kier molecular flexibility index (Phi) is 10.1. The Morgan fingerprint density at radius 2 is 1.33 bits per heavy atom. The summed E-state index contributed by atoms with van der Waals surface area (Å²) >= 11 is 0. The van der Waals surface area contributed by atoms with E-state index in [2.05, 4.69) is 278 Å². The van der Waals surface area contributed by atoms with E-state index in [0.29, 0.717) is 6.54 Å². The lowest BCUT2D eigenvalue weighted by molar-refractivity contribution is 0.494. The molecule has 0 saturated carbocycles. The molecule has 11 heteroatoms. The van der Waals surface area contributed by atoms with Gasteiger partial charge in [0.25, 0.3) is 5.82 Å². The van der Waals surface area contributed by atoms with Crippen molar-refractivity contribution in [2.75, 3.05) is 16.5 Å². The highest BCUT2D eigenvalue weighted by Gasteiger charge is 2.57. The summed E-state index contributed by atoms with van der Waals surface area (Å²) in [7, 11) is 0. The standard InChI is InChI=1S/C73H52N11/c1-7-23-51-45(17-1)34-37-74-68(51)56-44-83(72-53-25-9-3-22-50(53)43-76-72)84(63-41-48-20-5-12-28-58(48)78-63,73-54-26-10-13-29-59(54)79-80-73)71-64(56)66(60-33-32-46-18-4-11-27-57(46)77-60)67(69-52-24-8-2-21-49(52)42-75-69)70(82-40-35-47-19-6-14-30-61(47)82)65(71)55-36-39-81-38-16-15-31-62(55)81/h1-34,36-39,41,43-44,69,75-76,78H,35,40,42H2,(H,79,80)/q+1. The fourth-order valence-electron chi connectivity index (χ4n) is 14.4. The average Bonchev–Trinajstić information content (AvgIpc) is 1.16. The molecule has 8 aromatic carbocycles.